The van der Waals surface area contributed by atoms with Crippen molar-refractivity contribution in [3.63, 3.8) is 0 Å². The first-order chi connectivity index (χ1) is 17.9. The smallest absolute Gasteiger partial charge is 0.326 e. The van der Waals surface area contributed by atoms with Gasteiger partial charge in [-0.1, -0.05) is 42.5 Å². The number of carbonyl (C=O) groups excluding carboxylic acids is 2. The normalized spacial score (nSPS) is 12.0. The first-order valence-corrected chi connectivity index (χ1v) is 11.8. The Bertz CT molecular complexity index is 1640. The second-order valence-electron chi connectivity index (χ2n) is 8.70. The zero-order valence-electron chi connectivity index (χ0n) is 20.0. The SMILES string of the molecule is CC(=O)Oc1ccc(CC(NC(=O)CCn2c3ccccc3c3nc4ccccc4nc32)C(=O)O)cc1. The zero-order valence-corrected chi connectivity index (χ0v) is 20.0. The summed E-state index contributed by atoms with van der Waals surface area (Å²) < 4.78 is 6.95. The topological polar surface area (TPSA) is 123 Å². The van der Waals surface area contributed by atoms with Gasteiger partial charge in [0, 0.05) is 31.7 Å². The van der Waals surface area contributed by atoms with Crippen LogP contribution in [0.5, 0.6) is 5.75 Å². The van der Waals surface area contributed by atoms with E-state index in [1.54, 1.807) is 24.3 Å². The van der Waals surface area contributed by atoms with E-state index < -0.39 is 18.0 Å². The van der Waals surface area contributed by atoms with Crippen molar-refractivity contribution in [2.75, 3.05) is 0 Å². The quantitative estimate of drug-likeness (QED) is 0.247. The second kappa shape index (κ2) is 10.1. The number of carboxylic acid groups (broad SMARTS) is 1. The summed E-state index contributed by atoms with van der Waals surface area (Å²) in [5, 5.41) is 13.3. The van der Waals surface area contributed by atoms with E-state index in [0.29, 0.717) is 23.5 Å². The number of aryl methyl sites for hydroxylation is 1. The van der Waals surface area contributed by atoms with Gasteiger partial charge in [-0.25, -0.2) is 14.8 Å². The first-order valence-electron chi connectivity index (χ1n) is 11.8. The highest BCUT2D eigenvalue weighted by atomic mass is 16.5. The minimum Gasteiger partial charge on any atom is -0.480 e. The Morgan fingerprint density at radius 2 is 1.62 bits per heavy atom. The molecule has 37 heavy (non-hydrogen) atoms. The highest BCUT2D eigenvalue weighted by Gasteiger charge is 2.21. The number of carboxylic acids is 1. The van der Waals surface area contributed by atoms with Crippen molar-refractivity contribution < 1.29 is 24.2 Å². The molecule has 1 amide bonds. The van der Waals surface area contributed by atoms with Crippen molar-refractivity contribution in [3.05, 3.63) is 78.4 Å². The predicted octanol–water partition coefficient (Wildman–Crippen LogP) is 3.87. The molecule has 1 unspecified atom stereocenters. The lowest BCUT2D eigenvalue weighted by Crippen LogP contribution is -2.42. The molecule has 9 heteroatoms. The van der Waals surface area contributed by atoms with Crippen LogP contribution in [-0.4, -0.2) is 43.5 Å². The van der Waals surface area contributed by atoms with E-state index in [2.05, 4.69) is 5.32 Å². The molecule has 1 atom stereocenters. The van der Waals surface area contributed by atoms with E-state index in [1.165, 1.54) is 6.92 Å². The molecule has 0 aliphatic rings. The van der Waals surface area contributed by atoms with Crippen LogP contribution in [0.1, 0.15) is 18.9 Å². The average Bonchev–Trinajstić information content (AvgIpc) is 3.19. The molecule has 5 aromatic rings. The van der Waals surface area contributed by atoms with Crippen molar-refractivity contribution in [3.8, 4) is 5.75 Å². The Balaban J connectivity index is 1.33. The molecule has 2 heterocycles. The summed E-state index contributed by atoms with van der Waals surface area (Å²) in [5.74, 6) is -1.59. The molecule has 0 fully saturated rings. The van der Waals surface area contributed by atoms with E-state index in [9.17, 15) is 19.5 Å². The Kier molecular flexibility index (Phi) is 6.51. The third-order valence-corrected chi connectivity index (χ3v) is 6.08. The largest absolute Gasteiger partial charge is 0.480 e. The molecule has 2 N–H and O–H groups in total. The van der Waals surface area contributed by atoms with Crippen LogP contribution in [-0.2, 0) is 27.3 Å². The van der Waals surface area contributed by atoms with Gasteiger partial charge in [-0.2, -0.15) is 0 Å². The number of amides is 1. The number of esters is 1. The maximum absolute atomic E-state index is 12.8. The number of aliphatic carboxylic acids is 1. The molecule has 9 nitrogen and oxygen atoms in total. The molecule has 0 saturated heterocycles. The molecular weight excluding hydrogens is 472 g/mol. The summed E-state index contributed by atoms with van der Waals surface area (Å²) >= 11 is 0. The molecule has 3 aromatic carbocycles. The molecule has 0 spiro atoms. The van der Waals surface area contributed by atoms with Crippen LogP contribution >= 0.6 is 0 Å². The first kappa shape index (κ1) is 23.9. The van der Waals surface area contributed by atoms with Gasteiger partial charge in [0.05, 0.1) is 16.6 Å². The molecule has 5 rings (SSSR count). The molecule has 0 bridgehead atoms. The lowest BCUT2D eigenvalue weighted by atomic mass is 10.1. The van der Waals surface area contributed by atoms with Crippen LogP contribution in [0.3, 0.4) is 0 Å². The van der Waals surface area contributed by atoms with Gasteiger partial charge in [0.2, 0.25) is 5.91 Å². The van der Waals surface area contributed by atoms with E-state index in [-0.39, 0.29) is 18.7 Å². The summed E-state index contributed by atoms with van der Waals surface area (Å²) in [6.45, 7) is 1.62. The molecule has 186 valence electrons. The number of nitrogens with one attached hydrogen (secondary N) is 1. The Morgan fingerprint density at radius 1 is 0.946 bits per heavy atom. The molecular formula is C28H24N4O5. The summed E-state index contributed by atoms with van der Waals surface area (Å²) in [7, 11) is 0. The van der Waals surface area contributed by atoms with Crippen molar-refractivity contribution in [1.82, 2.24) is 19.9 Å². The molecule has 2 aromatic heterocycles. The minimum atomic E-state index is -1.13. The van der Waals surface area contributed by atoms with E-state index in [0.717, 1.165) is 27.5 Å². The van der Waals surface area contributed by atoms with Gasteiger partial charge in [0.1, 0.15) is 17.3 Å². The molecule has 0 radical (unpaired) electrons. The number of nitrogens with zero attached hydrogens (tertiary/aromatic N) is 3. The van der Waals surface area contributed by atoms with Gasteiger partial charge < -0.3 is 19.7 Å². The standard InChI is InChI=1S/C28H24N4O5/c1-17(33)37-19-12-10-18(11-13-19)16-23(28(35)36)29-25(34)14-15-32-24-9-5-2-6-20(24)26-27(32)31-22-8-4-3-7-21(22)30-26/h2-13,23H,14-16H2,1H3,(H,29,34)(H,35,36). The van der Waals surface area contributed by atoms with Gasteiger partial charge >= 0.3 is 11.9 Å². The number of ether oxygens (including phenoxy) is 1. The monoisotopic (exact) mass is 496 g/mol. The number of para-hydroxylation sites is 3. The number of carbonyl (C=O) groups is 3. The van der Waals surface area contributed by atoms with E-state index in [1.807, 2.05) is 53.1 Å². The van der Waals surface area contributed by atoms with E-state index >= 15 is 0 Å². The van der Waals surface area contributed by atoms with Crippen LogP contribution < -0.4 is 10.1 Å². The summed E-state index contributed by atoms with van der Waals surface area (Å²) in [6.07, 6.45) is 0.158. The second-order valence-corrected chi connectivity index (χ2v) is 8.70. The number of benzene rings is 3. The van der Waals surface area contributed by atoms with Crippen molar-refractivity contribution in [2.24, 2.45) is 0 Å². The Labute approximate surface area is 211 Å². The number of hydrogen-bond donors (Lipinski definition) is 2. The fraction of sp³-hybridized carbons (Fsp3) is 0.179. The van der Waals surface area contributed by atoms with Gasteiger partial charge in [0.25, 0.3) is 0 Å². The predicted molar refractivity (Wildman–Crippen MR) is 138 cm³/mol. The maximum atomic E-state index is 12.8. The summed E-state index contributed by atoms with van der Waals surface area (Å²) in [6, 6.07) is 20.8. The third-order valence-electron chi connectivity index (χ3n) is 6.08. The molecule has 0 aliphatic heterocycles. The van der Waals surface area contributed by atoms with Crippen molar-refractivity contribution in [1.29, 1.82) is 0 Å². The third kappa shape index (κ3) is 5.11. The zero-order chi connectivity index (χ0) is 25.9. The number of aromatic nitrogens is 3. The van der Waals surface area contributed by atoms with Crippen molar-refractivity contribution in [2.45, 2.75) is 32.4 Å². The highest BCUT2D eigenvalue weighted by molar-refractivity contribution is 6.06. The lowest BCUT2D eigenvalue weighted by Gasteiger charge is -2.15. The minimum absolute atomic E-state index is 0.0669. The fourth-order valence-corrected chi connectivity index (χ4v) is 4.38. The van der Waals surface area contributed by atoms with Crippen LogP contribution in [0.2, 0.25) is 0 Å². The van der Waals surface area contributed by atoms with Gasteiger partial charge in [-0.15, -0.1) is 0 Å². The lowest BCUT2D eigenvalue weighted by molar-refractivity contribution is -0.141. The van der Waals surface area contributed by atoms with Crippen LogP contribution in [0.25, 0.3) is 33.1 Å². The van der Waals surface area contributed by atoms with Crippen LogP contribution in [0, 0.1) is 0 Å². The number of hydrogen-bond acceptors (Lipinski definition) is 6. The van der Waals surface area contributed by atoms with Gasteiger partial charge in [-0.05, 0) is 35.9 Å². The van der Waals surface area contributed by atoms with E-state index in [4.69, 9.17) is 14.7 Å². The molecule has 0 saturated carbocycles. The average molecular weight is 497 g/mol. The fourth-order valence-electron chi connectivity index (χ4n) is 4.38. The number of fused-ring (bicyclic) bond motifs is 4. The summed E-state index contributed by atoms with van der Waals surface area (Å²) in [4.78, 5) is 45.4. The molecule has 0 aliphatic carbocycles. The number of rotatable bonds is 8. The Morgan fingerprint density at radius 3 is 2.32 bits per heavy atom. The van der Waals surface area contributed by atoms with Crippen LogP contribution in [0.4, 0.5) is 0 Å². The summed E-state index contributed by atoms with van der Waals surface area (Å²) in [5.41, 5.74) is 4.58. The Hall–Kier alpha value is -4.79. The van der Waals surface area contributed by atoms with Crippen molar-refractivity contribution >= 4 is 50.9 Å². The van der Waals surface area contributed by atoms with Gasteiger partial charge in [0.15, 0.2) is 5.65 Å². The maximum Gasteiger partial charge on any atom is 0.326 e. The highest BCUT2D eigenvalue weighted by Crippen LogP contribution is 2.28. The van der Waals surface area contributed by atoms with Crippen LogP contribution in [0.15, 0.2) is 72.8 Å². The van der Waals surface area contributed by atoms with Gasteiger partial charge in [-0.3, -0.25) is 9.59 Å².